The molecule has 0 heterocycles. The average molecular weight is 216 g/mol. The Bertz CT molecular complexity index is 250. The summed E-state index contributed by atoms with van der Waals surface area (Å²) in [6.07, 6.45) is 0. The maximum absolute atomic E-state index is 5.49. The monoisotopic (exact) mass is 215 g/mol. The van der Waals surface area contributed by atoms with Crippen LogP contribution in [-0.2, 0) is 6.54 Å². The maximum atomic E-state index is 5.49. The molecule has 1 aromatic carbocycles. The van der Waals surface area contributed by atoms with Gasteiger partial charge < -0.3 is 10.5 Å². The van der Waals surface area contributed by atoms with Gasteiger partial charge in [0, 0.05) is 16.6 Å². The predicted octanol–water partition coefficient (Wildman–Crippen LogP) is 1.92. The molecule has 0 radical (unpaired) electrons. The van der Waals surface area contributed by atoms with E-state index in [9.17, 15) is 0 Å². The zero-order valence-corrected chi connectivity index (χ0v) is 7.89. The van der Waals surface area contributed by atoms with Gasteiger partial charge in [0.05, 0.1) is 7.11 Å². The fraction of sp³-hybridized carbons (Fsp3) is 0.250. The molecule has 2 nitrogen and oxygen atoms in total. The smallest absolute Gasteiger partial charge is 0.123 e. The van der Waals surface area contributed by atoms with Crippen LogP contribution in [0.4, 0.5) is 0 Å². The third kappa shape index (κ3) is 1.94. The highest BCUT2D eigenvalue weighted by Crippen LogP contribution is 2.21. The van der Waals surface area contributed by atoms with Crippen LogP contribution in [0.2, 0.25) is 0 Å². The van der Waals surface area contributed by atoms with Crippen molar-refractivity contribution in [3.8, 4) is 5.75 Å². The Morgan fingerprint density at radius 3 is 2.82 bits per heavy atom. The Labute approximate surface area is 74.5 Å². The van der Waals surface area contributed by atoms with Crippen LogP contribution in [0.3, 0.4) is 0 Å². The highest BCUT2D eigenvalue weighted by molar-refractivity contribution is 9.10. The molecule has 1 aromatic rings. The fourth-order valence-electron chi connectivity index (χ4n) is 0.907. The second kappa shape index (κ2) is 3.74. The lowest BCUT2D eigenvalue weighted by molar-refractivity contribution is 0.409. The molecule has 0 saturated carbocycles. The zero-order valence-electron chi connectivity index (χ0n) is 6.30. The van der Waals surface area contributed by atoms with Crippen molar-refractivity contribution in [1.29, 1.82) is 0 Å². The van der Waals surface area contributed by atoms with E-state index in [-0.39, 0.29) is 0 Å². The Morgan fingerprint density at radius 2 is 2.27 bits per heavy atom. The fourth-order valence-corrected chi connectivity index (χ4v) is 1.32. The highest BCUT2D eigenvalue weighted by atomic mass is 79.9. The maximum Gasteiger partial charge on any atom is 0.123 e. The first-order valence-electron chi connectivity index (χ1n) is 3.30. The average Bonchev–Trinajstić information content (AvgIpc) is 2.04. The molecule has 0 atom stereocenters. The number of ether oxygens (including phenoxy) is 1. The van der Waals surface area contributed by atoms with Crippen molar-refractivity contribution in [2.45, 2.75) is 6.54 Å². The summed E-state index contributed by atoms with van der Waals surface area (Å²) in [4.78, 5) is 0. The van der Waals surface area contributed by atoms with Crippen LogP contribution in [0.5, 0.6) is 5.75 Å². The van der Waals surface area contributed by atoms with Crippen LogP contribution in [0.25, 0.3) is 0 Å². The SMILES string of the molecule is COc1ccc(Br)cc1CN. The van der Waals surface area contributed by atoms with Gasteiger partial charge in [0.2, 0.25) is 0 Å². The normalized spacial score (nSPS) is 9.73. The van der Waals surface area contributed by atoms with Gasteiger partial charge in [0.1, 0.15) is 5.75 Å². The van der Waals surface area contributed by atoms with E-state index in [4.69, 9.17) is 10.5 Å². The lowest BCUT2D eigenvalue weighted by atomic mass is 10.2. The van der Waals surface area contributed by atoms with Gasteiger partial charge in [-0.05, 0) is 18.2 Å². The zero-order chi connectivity index (χ0) is 8.27. The summed E-state index contributed by atoms with van der Waals surface area (Å²) in [7, 11) is 1.64. The van der Waals surface area contributed by atoms with Crippen LogP contribution < -0.4 is 10.5 Å². The minimum absolute atomic E-state index is 0.503. The second-order valence-corrected chi connectivity index (χ2v) is 3.08. The van der Waals surface area contributed by atoms with Gasteiger partial charge in [0.15, 0.2) is 0 Å². The summed E-state index contributed by atoms with van der Waals surface area (Å²) in [6.45, 7) is 0.503. The number of rotatable bonds is 2. The first-order valence-corrected chi connectivity index (χ1v) is 4.09. The van der Waals surface area contributed by atoms with Crippen molar-refractivity contribution in [3.63, 3.8) is 0 Å². The molecule has 2 N–H and O–H groups in total. The minimum atomic E-state index is 0.503. The molecule has 0 amide bonds. The molecular weight excluding hydrogens is 206 g/mol. The van der Waals surface area contributed by atoms with E-state index >= 15 is 0 Å². The van der Waals surface area contributed by atoms with E-state index in [1.54, 1.807) is 7.11 Å². The molecule has 0 aromatic heterocycles. The Balaban J connectivity index is 3.06. The second-order valence-electron chi connectivity index (χ2n) is 2.16. The summed E-state index contributed by atoms with van der Waals surface area (Å²) in [6, 6.07) is 5.78. The molecule has 0 unspecified atom stereocenters. The summed E-state index contributed by atoms with van der Waals surface area (Å²) in [5.74, 6) is 0.843. The number of hydrogen-bond donors (Lipinski definition) is 1. The number of nitrogens with two attached hydrogens (primary N) is 1. The van der Waals surface area contributed by atoms with E-state index in [2.05, 4.69) is 15.9 Å². The Kier molecular flexibility index (Phi) is 2.91. The molecule has 0 saturated heterocycles. The quantitative estimate of drug-likeness (QED) is 0.819. The van der Waals surface area contributed by atoms with Crippen molar-refractivity contribution in [1.82, 2.24) is 0 Å². The molecule has 0 aliphatic carbocycles. The number of halogens is 1. The first kappa shape index (κ1) is 8.56. The molecule has 0 spiro atoms. The van der Waals surface area contributed by atoms with Gasteiger partial charge in [-0.1, -0.05) is 15.9 Å². The minimum Gasteiger partial charge on any atom is -0.496 e. The number of methoxy groups -OCH3 is 1. The van der Waals surface area contributed by atoms with Gasteiger partial charge in [-0.2, -0.15) is 0 Å². The van der Waals surface area contributed by atoms with Gasteiger partial charge in [-0.15, -0.1) is 0 Å². The molecule has 3 heteroatoms. The molecular formula is C8H10BrNO. The van der Waals surface area contributed by atoms with Gasteiger partial charge in [-0.3, -0.25) is 0 Å². The Morgan fingerprint density at radius 1 is 1.55 bits per heavy atom. The molecule has 1 rings (SSSR count). The topological polar surface area (TPSA) is 35.2 Å². The summed E-state index contributed by atoms with van der Waals surface area (Å²) < 4.78 is 6.12. The molecule has 0 aliphatic heterocycles. The summed E-state index contributed by atoms with van der Waals surface area (Å²) >= 11 is 3.36. The van der Waals surface area contributed by atoms with Crippen LogP contribution in [-0.4, -0.2) is 7.11 Å². The molecule has 60 valence electrons. The van der Waals surface area contributed by atoms with Crippen LogP contribution in [0, 0.1) is 0 Å². The van der Waals surface area contributed by atoms with Crippen molar-refractivity contribution in [2.75, 3.05) is 7.11 Å². The van der Waals surface area contributed by atoms with Crippen LogP contribution in [0.15, 0.2) is 22.7 Å². The Hall–Kier alpha value is -0.540. The third-order valence-corrected chi connectivity index (χ3v) is 1.96. The third-order valence-electron chi connectivity index (χ3n) is 1.46. The van der Waals surface area contributed by atoms with Crippen molar-refractivity contribution in [2.24, 2.45) is 5.73 Å². The largest absolute Gasteiger partial charge is 0.496 e. The number of hydrogen-bond acceptors (Lipinski definition) is 2. The highest BCUT2D eigenvalue weighted by Gasteiger charge is 1.99. The van der Waals surface area contributed by atoms with Crippen LogP contribution >= 0.6 is 15.9 Å². The van der Waals surface area contributed by atoms with E-state index in [1.807, 2.05) is 18.2 Å². The molecule has 0 aliphatic rings. The lowest BCUT2D eigenvalue weighted by Gasteiger charge is -2.05. The summed E-state index contributed by atoms with van der Waals surface area (Å²) in [5, 5.41) is 0. The molecule has 0 fully saturated rings. The van der Waals surface area contributed by atoms with Crippen LogP contribution in [0.1, 0.15) is 5.56 Å². The van der Waals surface area contributed by atoms with Crippen molar-refractivity contribution < 1.29 is 4.74 Å². The van der Waals surface area contributed by atoms with Gasteiger partial charge in [0.25, 0.3) is 0 Å². The van der Waals surface area contributed by atoms with Crippen molar-refractivity contribution in [3.05, 3.63) is 28.2 Å². The summed E-state index contributed by atoms with van der Waals surface area (Å²) in [5.41, 5.74) is 6.51. The van der Waals surface area contributed by atoms with E-state index in [1.165, 1.54) is 0 Å². The standard InChI is InChI=1S/C8H10BrNO/c1-11-8-3-2-7(9)4-6(8)5-10/h2-4H,5,10H2,1H3. The molecule has 0 bridgehead atoms. The molecule has 11 heavy (non-hydrogen) atoms. The first-order chi connectivity index (χ1) is 5.27. The van der Waals surface area contributed by atoms with E-state index in [0.717, 1.165) is 15.8 Å². The van der Waals surface area contributed by atoms with E-state index < -0.39 is 0 Å². The predicted molar refractivity (Wildman–Crippen MR) is 48.6 cm³/mol. The van der Waals surface area contributed by atoms with Crippen molar-refractivity contribution >= 4 is 15.9 Å². The van der Waals surface area contributed by atoms with Gasteiger partial charge in [-0.25, -0.2) is 0 Å². The van der Waals surface area contributed by atoms with Gasteiger partial charge >= 0.3 is 0 Å². The lowest BCUT2D eigenvalue weighted by Crippen LogP contribution is -1.99. The van der Waals surface area contributed by atoms with E-state index in [0.29, 0.717) is 6.54 Å². The number of benzene rings is 1.